The lowest BCUT2D eigenvalue weighted by Gasteiger charge is -2.24. The molecule has 0 aromatic heterocycles. The number of hydrogen-bond acceptors (Lipinski definition) is 4. The number of aliphatic hydroxyl groups excluding tert-OH is 2. The van der Waals surface area contributed by atoms with Crippen molar-refractivity contribution in [2.45, 2.75) is 89.4 Å². The number of ether oxygens (including phenoxy) is 1. The van der Waals surface area contributed by atoms with Gasteiger partial charge in [0.1, 0.15) is 5.75 Å². The van der Waals surface area contributed by atoms with Crippen molar-refractivity contribution in [1.29, 1.82) is 0 Å². The van der Waals surface area contributed by atoms with E-state index < -0.39 is 11.9 Å². The summed E-state index contributed by atoms with van der Waals surface area (Å²) in [5.41, 5.74) is 5.91. The van der Waals surface area contributed by atoms with Gasteiger partial charge in [0.2, 0.25) is 6.36 Å². The second-order valence-electron chi connectivity index (χ2n) is 7.61. The molecule has 4 nitrogen and oxygen atoms in total. The fourth-order valence-corrected chi connectivity index (χ4v) is 2.98. The molecule has 0 bridgehead atoms. The van der Waals surface area contributed by atoms with E-state index in [0.717, 1.165) is 18.4 Å². The van der Waals surface area contributed by atoms with Crippen molar-refractivity contribution >= 4 is 0 Å². The SMILES string of the molecule is CCCCCCCCCCC(F)Oc1ccc(CCC(N)(CO)CO)cc1. The lowest BCUT2D eigenvalue weighted by Crippen LogP contribution is -2.47. The third-order valence-electron chi connectivity index (χ3n) is 5.01. The summed E-state index contributed by atoms with van der Waals surface area (Å²) >= 11 is 0. The van der Waals surface area contributed by atoms with Crippen LogP contribution >= 0.6 is 0 Å². The number of benzene rings is 1. The Balaban J connectivity index is 2.20. The molecule has 1 aromatic rings. The van der Waals surface area contributed by atoms with Gasteiger partial charge in [-0.1, -0.05) is 64.0 Å². The molecule has 0 aliphatic carbocycles. The van der Waals surface area contributed by atoms with E-state index in [1.54, 1.807) is 12.1 Å². The number of aliphatic hydroxyl groups is 2. The van der Waals surface area contributed by atoms with Crippen molar-refractivity contribution in [3.05, 3.63) is 29.8 Å². The van der Waals surface area contributed by atoms with E-state index in [1.165, 1.54) is 38.5 Å². The summed E-state index contributed by atoms with van der Waals surface area (Å²) in [5, 5.41) is 18.4. The number of nitrogens with two attached hydrogens (primary N) is 1. The Bertz CT molecular complexity index is 477. The molecule has 156 valence electrons. The third-order valence-corrected chi connectivity index (χ3v) is 5.01. The standard InChI is InChI=1S/C22H38FNO3/c1-2-3-4-5-6-7-8-9-10-21(23)27-20-13-11-19(12-14-20)15-16-22(24,17-25)18-26/h11-14,21,25-26H,2-10,15-18,24H2,1H3. The average molecular weight is 384 g/mol. The third kappa shape index (κ3) is 10.7. The molecule has 1 unspecified atom stereocenters. The summed E-state index contributed by atoms with van der Waals surface area (Å²) in [4.78, 5) is 0. The van der Waals surface area contributed by atoms with Gasteiger partial charge in [-0.25, -0.2) is 4.39 Å². The van der Waals surface area contributed by atoms with Gasteiger partial charge in [0, 0.05) is 6.42 Å². The second kappa shape index (κ2) is 13.9. The Morgan fingerprint density at radius 2 is 1.52 bits per heavy atom. The number of alkyl halides is 1. The molecule has 0 saturated heterocycles. The molecule has 0 aliphatic rings. The molecule has 0 aliphatic heterocycles. The van der Waals surface area contributed by atoms with Crippen LogP contribution in [0, 0.1) is 0 Å². The van der Waals surface area contributed by atoms with Crippen molar-refractivity contribution in [3.63, 3.8) is 0 Å². The van der Waals surface area contributed by atoms with Gasteiger partial charge in [-0.2, -0.15) is 0 Å². The molecule has 0 amide bonds. The zero-order chi connectivity index (χ0) is 20.0. The van der Waals surface area contributed by atoms with Crippen LogP contribution in [0.2, 0.25) is 0 Å². The second-order valence-corrected chi connectivity index (χ2v) is 7.61. The Kier molecular flexibility index (Phi) is 12.3. The van der Waals surface area contributed by atoms with E-state index in [2.05, 4.69) is 6.92 Å². The number of hydrogen-bond donors (Lipinski definition) is 3. The predicted molar refractivity (Wildman–Crippen MR) is 109 cm³/mol. The molecule has 1 rings (SSSR count). The Hall–Kier alpha value is -1.17. The van der Waals surface area contributed by atoms with Gasteiger partial charge in [-0.3, -0.25) is 0 Å². The summed E-state index contributed by atoms with van der Waals surface area (Å²) in [5.74, 6) is 0.522. The van der Waals surface area contributed by atoms with E-state index in [0.29, 0.717) is 25.0 Å². The van der Waals surface area contributed by atoms with Gasteiger partial charge in [-0.15, -0.1) is 0 Å². The van der Waals surface area contributed by atoms with Crippen LogP contribution in [0.1, 0.15) is 76.7 Å². The van der Waals surface area contributed by atoms with Crippen LogP contribution in [0.3, 0.4) is 0 Å². The minimum atomic E-state index is -1.27. The summed E-state index contributed by atoms with van der Waals surface area (Å²) in [6.45, 7) is 1.70. The lowest BCUT2D eigenvalue weighted by atomic mass is 9.94. The van der Waals surface area contributed by atoms with Gasteiger partial charge in [0.15, 0.2) is 0 Å². The summed E-state index contributed by atoms with van der Waals surface area (Å²) in [6, 6.07) is 7.25. The predicted octanol–water partition coefficient (Wildman–Crippen LogP) is 4.51. The highest BCUT2D eigenvalue weighted by atomic mass is 19.1. The van der Waals surface area contributed by atoms with Gasteiger partial charge < -0.3 is 20.7 Å². The minimum Gasteiger partial charge on any atom is -0.460 e. The lowest BCUT2D eigenvalue weighted by molar-refractivity contribution is 0.0569. The maximum absolute atomic E-state index is 14.0. The normalized spacial score (nSPS) is 12.9. The maximum Gasteiger partial charge on any atom is 0.238 e. The molecule has 0 radical (unpaired) electrons. The van der Waals surface area contributed by atoms with Gasteiger partial charge in [0.05, 0.1) is 18.8 Å². The molecule has 0 fully saturated rings. The molecule has 0 spiro atoms. The molecule has 1 atom stereocenters. The van der Waals surface area contributed by atoms with Crippen LogP contribution in [0.5, 0.6) is 5.75 Å². The number of rotatable bonds is 16. The fourth-order valence-electron chi connectivity index (χ4n) is 2.98. The Labute approximate surface area is 163 Å². The van der Waals surface area contributed by atoms with Crippen molar-refractivity contribution < 1.29 is 19.3 Å². The van der Waals surface area contributed by atoms with E-state index in [9.17, 15) is 14.6 Å². The molecule has 0 saturated carbocycles. The highest BCUT2D eigenvalue weighted by Crippen LogP contribution is 2.19. The van der Waals surface area contributed by atoms with Crippen LogP contribution < -0.4 is 10.5 Å². The van der Waals surface area contributed by atoms with Gasteiger partial charge >= 0.3 is 0 Å². The minimum absolute atomic E-state index is 0.257. The first-order valence-corrected chi connectivity index (χ1v) is 10.4. The summed E-state index contributed by atoms with van der Waals surface area (Å²) in [7, 11) is 0. The first-order valence-electron chi connectivity index (χ1n) is 10.4. The van der Waals surface area contributed by atoms with Crippen LogP contribution in [-0.2, 0) is 6.42 Å². The zero-order valence-corrected chi connectivity index (χ0v) is 16.8. The fraction of sp³-hybridized carbons (Fsp3) is 0.727. The first-order chi connectivity index (χ1) is 13.0. The number of halogens is 1. The van der Waals surface area contributed by atoms with E-state index in [4.69, 9.17) is 10.5 Å². The van der Waals surface area contributed by atoms with Crippen LogP contribution in [-0.4, -0.2) is 35.3 Å². The molecule has 1 aromatic carbocycles. The quantitative estimate of drug-likeness (QED) is 0.367. The summed E-state index contributed by atoms with van der Waals surface area (Å²) < 4.78 is 19.3. The van der Waals surface area contributed by atoms with Crippen LogP contribution in [0.25, 0.3) is 0 Å². The molecular formula is C22H38FNO3. The molecular weight excluding hydrogens is 345 g/mol. The Morgan fingerprint density at radius 1 is 0.963 bits per heavy atom. The van der Waals surface area contributed by atoms with Gasteiger partial charge in [-0.05, 0) is 37.0 Å². The maximum atomic E-state index is 14.0. The van der Waals surface area contributed by atoms with Gasteiger partial charge in [0.25, 0.3) is 0 Å². The molecule has 27 heavy (non-hydrogen) atoms. The van der Waals surface area contributed by atoms with Crippen molar-refractivity contribution in [2.75, 3.05) is 13.2 Å². The van der Waals surface area contributed by atoms with E-state index in [-0.39, 0.29) is 13.2 Å². The Morgan fingerprint density at radius 3 is 2.07 bits per heavy atom. The molecule has 4 N–H and O–H groups in total. The number of unbranched alkanes of at least 4 members (excludes halogenated alkanes) is 7. The highest BCUT2D eigenvalue weighted by Gasteiger charge is 2.22. The van der Waals surface area contributed by atoms with Crippen molar-refractivity contribution in [2.24, 2.45) is 5.73 Å². The first kappa shape index (κ1) is 23.9. The monoisotopic (exact) mass is 383 g/mol. The molecule has 0 heterocycles. The van der Waals surface area contributed by atoms with E-state index in [1.807, 2.05) is 12.1 Å². The molecule has 5 heteroatoms. The van der Waals surface area contributed by atoms with E-state index >= 15 is 0 Å². The van der Waals surface area contributed by atoms with Crippen molar-refractivity contribution in [3.8, 4) is 5.75 Å². The highest BCUT2D eigenvalue weighted by molar-refractivity contribution is 5.27. The zero-order valence-electron chi connectivity index (χ0n) is 16.8. The summed E-state index contributed by atoms with van der Waals surface area (Å²) in [6.07, 6.45) is 9.79. The van der Waals surface area contributed by atoms with Crippen LogP contribution in [0.4, 0.5) is 4.39 Å². The topological polar surface area (TPSA) is 75.7 Å². The number of aryl methyl sites for hydroxylation is 1. The average Bonchev–Trinajstić information content (AvgIpc) is 2.69. The smallest absolute Gasteiger partial charge is 0.238 e. The van der Waals surface area contributed by atoms with Crippen molar-refractivity contribution in [1.82, 2.24) is 0 Å². The van der Waals surface area contributed by atoms with Crippen LogP contribution in [0.15, 0.2) is 24.3 Å². The largest absolute Gasteiger partial charge is 0.460 e.